The molecule has 0 aromatic heterocycles. The van der Waals surface area contributed by atoms with Crippen LogP contribution in [0.4, 0.5) is 0 Å². The van der Waals surface area contributed by atoms with Gasteiger partial charge in [0.15, 0.2) is 0 Å². The lowest BCUT2D eigenvalue weighted by atomic mass is 9.91. The molecule has 2 heteroatoms. The fourth-order valence-corrected chi connectivity index (χ4v) is 2.58. The molecule has 2 unspecified atom stereocenters. The highest BCUT2D eigenvalue weighted by Gasteiger charge is 2.16. The van der Waals surface area contributed by atoms with Crippen LogP contribution in [0, 0.1) is 6.92 Å². The number of aliphatic hydroxyl groups is 2. The quantitative estimate of drug-likeness (QED) is 0.764. The van der Waals surface area contributed by atoms with E-state index in [1.165, 1.54) is 5.56 Å². The van der Waals surface area contributed by atoms with Crippen LogP contribution in [0.1, 0.15) is 22.6 Å². The lowest BCUT2D eigenvalue weighted by molar-refractivity contribution is 0.206. The second-order valence-electron chi connectivity index (χ2n) is 5.66. The van der Waals surface area contributed by atoms with E-state index in [0.717, 1.165) is 17.5 Å². The van der Waals surface area contributed by atoms with Gasteiger partial charge in [0.25, 0.3) is 0 Å². The smallest absolute Gasteiger partial charge is 0.0824 e. The van der Waals surface area contributed by atoms with Crippen molar-refractivity contribution >= 4 is 0 Å². The Kier molecular flexibility index (Phi) is 6.79. The molecule has 2 N–H and O–H groups in total. The average Bonchev–Trinajstić information content (AvgIpc) is 2.56. The lowest BCUT2D eigenvalue weighted by Gasteiger charge is -2.18. The minimum absolute atomic E-state index is 0.0250. The van der Waals surface area contributed by atoms with Gasteiger partial charge in [-0.3, -0.25) is 0 Å². The molecule has 2 nitrogen and oxygen atoms in total. The second-order valence-corrected chi connectivity index (χ2v) is 5.66. The Morgan fingerprint density at radius 1 is 0.957 bits per heavy atom. The number of hydrogen-bond donors (Lipinski definition) is 2. The van der Waals surface area contributed by atoms with Crippen molar-refractivity contribution in [2.45, 2.75) is 25.4 Å². The molecule has 0 saturated carbocycles. The van der Waals surface area contributed by atoms with Crippen molar-refractivity contribution in [2.75, 3.05) is 6.61 Å². The SMILES string of the molecule is Cc1cccc(C(C=CCO)C(O)C=CCc2ccccc2)c1. The molecule has 2 atom stereocenters. The number of hydrogen-bond acceptors (Lipinski definition) is 2. The van der Waals surface area contributed by atoms with Crippen LogP contribution in [0.2, 0.25) is 0 Å². The van der Waals surface area contributed by atoms with Crippen LogP contribution in [0.5, 0.6) is 0 Å². The zero-order valence-electron chi connectivity index (χ0n) is 13.5. The van der Waals surface area contributed by atoms with Crippen molar-refractivity contribution in [3.05, 3.63) is 95.6 Å². The number of benzene rings is 2. The Bertz CT molecular complexity index is 644. The van der Waals surface area contributed by atoms with Crippen molar-refractivity contribution < 1.29 is 10.2 Å². The fraction of sp³-hybridized carbons (Fsp3) is 0.238. The summed E-state index contributed by atoms with van der Waals surface area (Å²) in [5.41, 5.74) is 3.42. The van der Waals surface area contributed by atoms with Crippen LogP contribution in [0.25, 0.3) is 0 Å². The molecule has 0 saturated heterocycles. The van der Waals surface area contributed by atoms with Crippen LogP contribution in [-0.4, -0.2) is 22.9 Å². The first kappa shape index (κ1) is 17.2. The summed E-state index contributed by atoms with van der Waals surface area (Å²) in [4.78, 5) is 0. The summed E-state index contributed by atoms with van der Waals surface area (Å²) < 4.78 is 0. The van der Waals surface area contributed by atoms with Gasteiger partial charge in [0.05, 0.1) is 12.7 Å². The molecule has 0 radical (unpaired) electrons. The maximum atomic E-state index is 10.5. The molecule has 0 fully saturated rings. The minimum Gasteiger partial charge on any atom is -0.392 e. The number of allylic oxidation sites excluding steroid dienone is 1. The van der Waals surface area contributed by atoms with Gasteiger partial charge in [0.2, 0.25) is 0 Å². The standard InChI is InChI=1S/C21H24O2/c1-17-8-5-12-19(16-17)20(13-7-15-22)21(23)14-6-11-18-9-3-2-4-10-18/h2-10,12-14,16,20-23H,11,15H2,1H3. The van der Waals surface area contributed by atoms with E-state index in [-0.39, 0.29) is 12.5 Å². The van der Waals surface area contributed by atoms with Gasteiger partial charge in [0.1, 0.15) is 0 Å². The topological polar surface area (TPSA) is 40.5 Å². The van der Waals surface area contributed by atoms with Crippen molar-refractivity contribution in [3.8, 4) is 0 Å². The van der Waals surface area contributed by atoms with Gasteiger partial charge in [0, 0.05) is 5.92 Å². The van der Waals surface area contributed by atoms with Crippen LogP contribution < -0.4 is 0 Å². The summed E-state index contributed by atoms with van der Waals surface area (Å²) in [5.74, 6) is -0.158. The van der Waals surface area contributed by atoms with Crippen LogP contribution in [0.15, 0.2) is 78.9 Å². The van der Waals surface area contributed by atoms with E-state index in [1.54, 1.807) is 6.08 Å². The first-order valence-corrected chi connectivity index (χ1v) is 7.93. The Hall–Kier alpha value is -2.16. The zero-order valence-corrected chi connectivity index (χ0v) is 13.5. The molecular weight excluding hydrogens is 284 g/mol. The van der Waals surface area contributed by atoms with Crippen LogP contribution in [0.3, 0.4) is 0 Å². The van der Waals surface area contributed by atoms with Gasteiger partial charge >= 0.3 is 0 Å². The summed E-state index contributed by atoms with van der Waals surface area (Å²) in [6.45, 7) is 2.01. The van der Waals surface area contributed by atoms with E-state index in [1.807, 2.05) is 61.5 Å². The third-order valence-corrected chi connectivity index (χ3v) is 3.77. The van der Waals surface area contributed by atoms with Crippen molar-refractivity contribution in [3.63, 3.8) is 0 Å². The predicted molar refractivity (Wildman–Crippen MR) is 95.4 cm³/mol. The van der Waals surface area contributed by atoms with E-state index in [9.17, 15) is 5.11 Å². The van der Waals surface area contributed by atoms with Gasteiger partial charge in [-0.05, 0) is 24.5 Å². The molecule has 2 rings (SSSR count). The maximum absolute atomic E-state index is 10.5. The van der Waals surface area contributed by atoms with Crippen LogP contribution >= 0.6 is 0 Å². The van der Waals surface area contributed by atoms with Gasteiger partial charge in [-0.25, -0.2) is 0 Å². The molecule has 23 heavy (non-hydrogen) atoms. The Labute approximate surface area is 138 Å². The van der Waals surface area contributed by atoms with Crippen molar-refractivity contribution in [2.24, 2.45) is 0 Å². The normalized spacial score (nSPS) is 14.4. The largest absolute Gasteiger partial charge is 0.392 e. The summed E-state index contributed by atoms with van der Waals surface area (Å²) in [7, 11) is 0. The molecule has 0 spiro atoms. The zero-order chi connectivity index (χ0) is 16.5. The first-order valence-electron chi connectivity index (χ1n) is 7.93. The Morgan fingerprint density at radius 2 is 1.74 bits per heavy atom. The average molecular weight is 308 g/mol. The van der Waals surface area contributed by atoms with E-state index in [0.29, 0.717) is 0 Å². The first-order chi connectivity index (χ1) is 11.2. The van der Waals surface area contributed by atoms with Crippen LogP contribution in [-0.2, 0) is 6.42 Å². The fourth-order valence-electron chi connectivity index (χ4n) is 2.58. The highest BCUT2D eigenvalue weighted by atomic mass is 16.3. The Balaban J connectivity index is 2.10. The maximum Gasteiger partial charge on any atom is 0.0824 e. The third kappa shape index (κ3) is 5.51. The minimum atomic E-state index is -0.622. The highest BCUT2D eigenvalue weighted by Crippen LogP contribution is 2.23. The van der Waals surface area contributed by atoms with Crippen molar-refractivity contribution in [1.29, 1.82) is 0 Å². The van der Waals surface area contributed by atoms with E-state index < -0.39 is 6.10 Å². The summed E-state index contributed by atoms with van der Waals surface area (Å²) >= 11 is 0. The molecule has 0 bridgehead atoms. The lowest BCUT2D eigenvalue weighted by Crippen LogP contribution is -2.14. The number of aliphatic hydroxyl groups excluding tert-OH is 2. The molecular formula is C21H24O2. The number of rotatable bonds is 7. The molecule has 0 aliphatic rings. The summed E-state index contributed by atoms with van der Waals surface area (Å²) in [6, 6.07) is 18.3. The molecule has 0 amide bonds. The monoisotopic (exact) mass is 308 g/mol. The summed E-state index contributed by atoms with van der Waals surface area (Å²) in [6.07, 6.45) is 7.55. The summed E-state index contributed by atoms with van der Waals surface area (Å²) in [5, 5.41) is 19.6. The second kappa shape index (κ2) is 9.09. The van der Waals surface area contributed by atoms with E-state index in [2.05, 4.69) is 18.2 Å². The molecule has 0 heterocycles. The predicted octanol–water partition coefficient (Wildman–Crippen LogP) is 3.79. The molecule has 2 aromatic carbocycles. The van der Waals surface area contributed by atoms with Gasteiger partial charge < -0.3 is 10.2 Å². The van der Waals surface area contributed by atoms with Gasteiger partial charge in [-0.2, -0.15) is 0 Å². The van der Waals surface area contributed by atoms with E-state index in [4.69, 9.17) is 5.11 Å². The molecule has 0 aliphatic carbocycles. The Morgan fingerprint density at radius 3 is 2.43 bits per heavy atom. The van der Waals surface area contributed by atoms with Gasteiger partial charge in [-0.15, -0.1) is 0 Å². The number of aryl methyl sites for hydroxylation is 1. The molecule has 120 valence electrons. The third-order valence-electron chi connectivity index (χ3n) is 3.77. The molecule has 2 aromatic rings. The highest BCUT2D eigenvalue weighted by molar-refractivity contribution is 5.31. The molecule has 0 aliphatic heterocycles. The van der Waals surface area contributed by atoms with Crippen molar-refractivity contribution in [1.82, 2.24) is 0 Å². The van der Waals surface area contributed by atoms with Gasteiger partial charge in [-0.1, -0.05) is 84.5 Å². The van der Waals surface area contributed by atoms with E-state index >= 15 is 0 Å².